The first-order valence-corrected chi connectivity index (χ1v) is 17.8. The van der Waals surface area contributed by atoms with Crippen molar-refractivity contribution in [3.8, 4) is 5.75 Å². The quantitative estimate of drug-likeness (QED) is 0.0855. The zero-order valence-corrected chi connectivity index (χ0v) is 29.2. The SMILES string of the molecule is CC(C)=C[C@@H]1[C@@H](C(=O)OCc2coc(Cc3ccccc3)c2)C1(C)C.CCOP(=O)(NC(C)C)Oc1ccc(SC)c(C)c1. The summed E-state index contributed by atoms with van der Waals surface area (Å²) in [6.07, 6.45) is 6.63. The maximum atomic E-state index is 12.5. The third-order valence-corrected chi connectivity index (χ3v) is 10.1. The molecule has 1 saturated carbocycles. The lowest BCUT2D eigenvalue weighted by Gasteiger charge is -2.21. The summed E-state index contributed by atoms with van der Waals surface area (Å²) in [5.74, 6) is 1.56. The molecule has 44 heavy (non-hydrogen) atoms. The molecule has 7 nitrogen and oxygen atoms in total. The van der Waals surface area contributed by atoms with E-state index >= 15 is 0 Å². The molecule has 2 aromatic carbocycles. The highest BCUT2D eigenvalue weighted by Gasteiger charge is 2.61. The van der Waals surface area contributed by atoms with Crippen LogP contribution in [-0.2, 0) is 31.6 Å². The van der Waals surface area contributed by atoms with Crippen molar-refractivity contribution < 1.29 is 27.6 Å². The number of hydrogen-bond donors (Lipinski definition) is 1. The molecular formula is C35H48NO6PS. The molecule has 1 aromatic heterocycles. The highest BCUT2D eigenvalue weighted by atomic mass is 32.2. The first-order valence-electron chi connectivity index (χ1n) is 15.1. The second-order valence-corrected chi connectivity index (χ2v) is 14.7. The fourth-order valence-corrected chi connectivity index (χ4v) is 7.18. The van der Waals surface area contributed by atoms with Gasteiger partial charge in [0.1, 0.15) is 18.1 Å². The minimum Gasteiger partial charge on any atom is -0.469 e. The summed E-state index contributed by atoms with van der Waals surface area (Å²) < 4.78 is 34.4. The Labute approximate surface area is 267 Å². The summed E-state index contributed by atoms with van der Waals surface area (Å²) in [4.78, 5) is 13.6. The van der Waals surface area contributed by atoms with Gasteiger partial charge in [0.25, 0.3) is 0 Å². The van der Waals surface area contributed by atoms with Crippen LogP contribution in [0.15, 0.2) is 81.8 Å². The molecule has 0 saturated heterocycles. The Hall–Kier alpha value is -2.77. The zero-order chi connectivity index (χ0) is 32.5. The lowest BCUT2D eigenvalue weighted by molar-refractivity contribution is -0.147. The number of carbonyl (C=O) groups is 1. The molecule has 1 aliphatic carbocycles. The number of aryl methyl sites for hydroxylation is 1. The van der Waals surface area contributed by atoms with Crippen molar-refractivity contribution >= 4 is 25.5 Å². The molecule has 1 N–H and O–H groups in total. The van der Waals surface area contributed by atoms with Crippen LogP contribution in [0.2, 0.25) is 0 Å². The van der Waals surface area contributed by atoms with Gasteiger partial charge in [0.05, 0.1) is 18.8 Å². The number of thioether (sulfide) groups is 1. The summed E-state index contributed by atoms with van der Waals surface area (Å²) in [6, 6.07) is 17.8. The van der Waals surface area contributed by atoms with Gasteiger partial charge in [-0.3, -0.25) is 9.32 Å². The van der Waals surface area contributed by atoms with Crippen LogP contribution < -0.4 is 9.61 Å². The Bertz CT molecular complexity index is 1440. The van der Waals surface area contributed by atoms with E-state index in [1.54, 1.807) is 24.9 Å². The Kier molecular flexibility index (Phi) is 13.0. The van der Waals surface area contributed by atoms with Crippen molar-refractivity contribution in [2.45, 2.75) is 79.4 Å². The third-order valence-electron chi connectivity index (χ3n) is 7.30. The number of ether oxygens (including phenoxy) is 1. The molecular weight excluding hydrogens is 593 g/mol. The van der Waals surface area contributed by atoms with E-state index in [9.17, 15) is 9.36 Å². The normalized spacial score (nSPS) is 18.0. The number of furan rings is 1. The summed E-state index contributed by atoms with van der Waals surface area (Å²) in [6.45, 7) is 16.6. The van der Waals surface area contributed by atoms with Gasteiger partial charge in [-0.2, -0.15) is 0 Å². The summed E-state index contributed by atoms with van der Waals surface area (Å²) in [5.41, 5.74) is 4.43. The van der Waals surface area contributed by atoms with E-state index in [1.807, 2.05) is 69.5 Å². The van der Waals surface area contributed by atoms with Gasteiger partial charge in [-0.25, -0.2) is 9.65 Å². The summed E-state index contributed by atoms with van der Waals surface area (Å²) >= 11 is 1.67. The van der Waals surface area contributed by atoms with E-state index < -0.39 is 7.75 Å². The molecule has 1 fully saturated rings. The van der Waals surface area contributed by atoms with Crippen LogP contribution in [0.3, 0.4) is 0 Å². The predicted molar refractivity (Wildman–Crippen MR) is 179 cm³/mol. The molecule has 0 spiro atoms. The van der Waals surface area contributed by atoms with Crippen molar-refractivity contribution in [1.82, 2.24) is 5.09 Å². The van der Waals surface area contributed by atoms with Crippen molar-refractivity contribution in [2.75, 3.05) is 12.9 Å². The van der Waals surface area contributed by atoms with Gasteiger partial charge < -0.3 is 13.7 Å². The van der Waals surface area contributed by atoms with E-state index in [1.165, 1.54) is 16.0 Å². The van der Waals surface area contributed by atoms with Crippen LogP contribution >= 0.6 is 19.5 Å². The Balaban J connectivity index is 0.000000251. The average Bonchev–Trinajstić information content (AvgIpc) is 3.23. The number of nitrogens with one attached hydrogen (secondary N) is 1. The average molecular weight is 642 g/mol. The second-order valence-electron chi connectivity index (χ2n) is 12.2. The number of benzene rings is 2. The second kappa shape index (κ2) is 16.0. The van der Waals surface area contributed by atoms with Crippen molar-refractivity contribution in [1.29, 1.82) is 0 Å². The molecule has 3 atom stereocenters. The van der Waals surface area contributed by atoms with Gasteiger partial charge in [-0.05, 0) is 94.5 Å². The number of rotatable bonds is 13. The monoisotopic (exact) mass is 641 g/mol. The van der Waals surface area contributed by atoms with Crippen molar-refractivity contribution in [2.24, 2.45) is 17.3 Å². The molecule has 1 aliphatic rings. The van der Waals surface area contributed by atoms with E-state index in [-0.39, 0.29) is 35.9 Å². The highest BCUT2D eigenvalue weighted by Crippen LogP contribution is 2.59. The van der Waals surface area contributed by atoms with Crippen molar-refractivity contribution in [3.05, 3.63) is 95.0 Å². The number of hydrogen-bond acceptors (Lipinski definition) is 7. The highest BCUT2D eigenvalue weighted by molar-refractivity contribution is 7.98. The van der Waals surface area contributed by atoms with Crippen LogP contribution in [-0.4, -0.2) is 24.9 Å². The molecule has 1 heterocycles. The molecule has 0 amide bonds. The van der Waals surface area contributed by atoms with Gasteiger partial charge >= 0.3 is 13.7 Å². The minimum absolute atomic E-state index is 0.0107. The van der Waals surface area contributed by atoms with Crippen molar-refractivity contribution in [3.63, 3.8) is 0 Å². The van der Waals surface area contributed by atoms with Gasteiger partial charge in [0, 0.05) is 22.9 Å². The lowest BCUT2D eigenvalue weighted by Crippen LogP contribution is -2.23. The molecule has 1 unspecified atom stereocenters. The van der Waals surface area contributed by atoms with Crippen LogP contribution in [0, 0.1) is 24.2 Å². The number of allylic oxidation sites excluding steroid dienone is 2. The van der Waals surface area contributed by atoms with Crippen LogP contribution in [0.1, 0.15) is 70.9 Å². The fraction of sp³-hybridized carbons (Fsp3) is 0.457. The molecule has 4 rings (SSSR count). The molecule has 240 valence electrons. The van der Waals surface area contributed by atoms with Crippen LogP contribution in [0.5, 0.6) is 5.75 Å². The van der Waals surface area contributed by atoms with E-state index in [2.05, 4.69) is 51.0 Å². The number of carbonyl (C=O) groups excluding carboxylic acids is 1. The first kappa shape index (κ1) is 35.7. The molecule has 9 heteroatoms. The smallest absolute Gasteiger partial charge is 0.458 e. The standard InChI is InChI=1S/C22H26O3.C13H22NO3PS/c1-15(2)10-19-20(22(19,3)4)21(23)25-14-17-12-18(24-13-17)11-16-8-6-5-7-9-16;1-6-16-18(15,14-10(2)3)17-12-7-8-13(19-5)11(4)9-12/h5-10,12-13,19-20H,11,14H2,1-4H3;7-10H,6H2,1-5H3,(H,14,15)/t19-,20+;/m1./s1. The largest absolute Gasteiger partial charge is 0.469 e. The minimum atomic E-state index is -3.30. The molecule has 0 radical (unpaired) electrons. The van der Waals surface area contributed by atoms with Gasteiger partial charge in [0.15, 0.2) is 0 Å². The topological polar surface area (TPSA) is 87.0 Å². The Morgan fingerprint density at radius 3 is 2.41 bits per heavy atom. The Morgan fingerprint density at radius 2 is 1.82 bits per heavy atom. The molecule has 0 bridgehead atoms. The number of esters is 1. The first-order chi connectivity index (χ1) is 20.8. The lowest BCUT2D eigenvalue weighted by atomic mass is 10.1. The van der Waals surface area contributed by atoms with E-state index in [0.29, 0.717) is 12.4 Å². The fourth-order valence-electron chi connectivity index (χ4n) is 5.06. The summed E-state index contributed by atoms with van der Waals surface area (Å²) in [7, 11) is -3.30. The van der Waals surface area contributed by atoms with Gasteiger partial charge in [-0.1, -0.05) is 55.8 Å². The maximum absolute atomic E-state index is 12.5. The Morgan fingerprint density at radius 1 is 1.11 bits per heavy atom. The molecule has 0 aliphatic heterocycles. The predicted octanol–water partition coefficient (Wildman–Crippen LogP) is 9.39. The maximum Gasteiger partial charge on any atom is 0.458 e. The van der Waals surface area contributed by atoms with E-state index in [4.69, 9.17) is 18.2 Å². The van der Waals surface area contributed by atoms with Gasteiger partial charge in [0.2, 0.25) is 0 Å². The summed E-state index contributed by atoms with van der Waals surface area (Å²) in [5, 5.41) is 2.86. The van der Waals surface area contributed by atoms with Gasteiger partial charge in [-0.15, -0.1) is 11.8 Å². The third kappa shape index (κ3) is 10.4. The van der Waals surface area contributed by atoms with Crippen LogP contribution in [0.4, 0.5) is 0 Å². The van der Waals surface area contributed by atoms with Crippen LogP contribution in [0.25, 0.3) is 0 Å². The zero-order valence-electron chi connectivity index (χ0n) is 27.5. The molecule has 3 aromatic rings. The van der Waals surface area contributed by atoms with E-state index in [0.717, 1.165) is 23.3 Å².